The molecule has 0 radical (unpaired) electrons. The number of carbonyl (C=O) groups is 2. The molecule has 2 amide bonds. The maximum absolute atomic E-state index is 12.5. The predicted octanol–water partition coefficient (Wildman–Crippen LogP) is 2.41. The lowest BCUT2D eigenvalue weighted by Gasteiger charge is -2.35. The standard InChI is InChI=1S/C21H26N4O4/c1-4-20(26)25-11-9-24(10-12-25)19-8-6-16(14-22-19)23-21(27)15-5-7-17(28-2)18(13-15)29-3/h5-8,13-14H,4,9-12H2,1-3H3,(H,23,27). The van der Waals surface area contributed by atoms with E-state index in [9.17, 15) is 9.59 Å². The number of nitrogens with zero attached hydrogens (tertiary/aromatic N) is 3. The first kappa shape index (κ1) is 20.4. The van der Waals surface area contributed by atoms with Crippen LogP contribution in [-0.4, -0.2) is 62.1 Å². The van der Waals surface area contributed by atoms with Gasteiger partial charge in [-0.05, 0) is 30.3 Å². The fourth-order valence-electron chi connectivity index (χ4n) is 3.24. The molecular formula is C21H26N4O4. The van der Waals surface area contributed by atoms with Crippen LogP contribution in [0.4, 0.5) is 11.5 Å². The fourth-order valence-corrected chi connectivity index (χ4v) is 3.24. The van der Waals surface area contributed by atoms with Gasteiger partial charge >= 0.3 is 0 Å². The number of aromatic nitrogens is 1. The number of hydrogen-bond acceptors (Lipinski definition) is 6. The Morgan fingerprint density at radius 2 is 1.76 bits per heavy atom. The van der Waals surface area contributed by atoms with E-state index in [0.29, 0.717) is 42.3 Å². The highest BCUT2D eigenvalue weighted by molar-refractivity contribution is 6.04. The zero-order valence-electron chi connectivity index (χ0n) is 17.0. The highest BCUT2D eigenvalue weighted by Crippen LogP contribution is 2.28. The van der Waals surface area contributed by atoms with Crippen LogP contribution in [0.15, 0.2) is 36.5 Å². The first-order valence-corrected chi connectivity index (χ1v) is 9.57. The van der Waals surface area contributed by atoms with Crippen molar-refractivity contribution in [3.05, 3.63) is 42.1 Å². The molecule has 1 aliphatic heterocycles. The molecule has 0 aliphatic carbocycles. The Morgan fingerprint density at radius 1 is 1.03 bits per heavy atom. The average Bonchev–Trinajstić information content (AvgIpc) is 2.78. The Kier molecular flexibility index (Phi) is 6.54. The molecule has 2 aromatic rings. The topological polar surface area (TPSA) is 84.0 Å². The lowest BCUT2D eigenvalue weighted by molar-refractivity contribution is -0.131. The molecule has 8 heteroatoms. The first-order valence-electron chi connectivity index (χ1n) is 9.57. The molecular weight excluding hydrogens is 372 g/mol. The molecule has 0 unspecified atom stereocenters. The van der Waals surface area contributed by atoms with Gasteiger partial charge in [0, 0.05) is 38.2 Å². The third kappa shape index (κ3) is 4.77. The molecule has 1 fully saturated rings. The van der Waals surface area contributed by atoms with Crippen molar-refractivity contribution in [2.45, 2.75) is 13.3 Å². The van der Waals surface area contributed by atoms with Crippen molar-refractivity contribution in [1.29, 1.82) is 0 Å². The van der Waals surface area contributed by atoms with E-state index in [4.69, 9.17) is 9.47 Å². The summed E-state index contributed by atoms with van der Waals surface area (Å²) in [5.74, 6) is 1.82. The van der Waals surface area contributed by atoms with Gasteiger partial charge in [0.2, 0.25) is 5.91 Å². The number of rotatable bonds is 6. The summed E-state index contributed by atoms with van der Waals surface area (Å²) in [6, 6.07) is 8.70. The normalized spacial score (nSPS) is 13.8. The number of hydrogen-bond donors (Lipinski definition) is 1. The molecule has 0 bridgehead atoms. The SMILES string of the molecule is CCC(=O)N1CCN(c2ccc(NC(=O)c3ccc(OC)c(OC)c3)cn2)CC1. The minimum absolute atomic E-state index is 0.186. The molecule has 1 aliphatic rings. The van der Waals surface area contributed by atoms with Gasteiger partial charge in [0.25, 0.3) is 5.91 Å². The number of amides is 2. The van der Waals surface area contributed by atoms with Gasteiger partial charge in [-0.2, -0.15) is 0 Å². The zero-order chi connectivity index (χ0) is 20.8. The van der Waals surface area contributed by atoms with E-state index < -0.39 is 0 Å². The summed E-state index contributed by atoms with van der Waals surface area (Å²) in [7, 11) is 3.08. The van der Waals surface area contributed by atoms with Crippen molar-refractivity contribution in [3.63, 3.8) is 0 Å². The maximum Gasteiger partial charge on any atom is 0.255 e. The van der Waals surface area contributed by atoms with Crippen LogP contribution in [0.25, 0.3) is 0 Å². The van der Waals surface area contributed by atoms with E-state index in [-0.39, 0.29) is 11.8 Å². The second kappa shape index (κ2) is 9.27. The number of piperazine rings is 1. The Hall–Kier alpha value is -3.29. The molecule has 0 spiro atoms. The Bertz CT molecular complexity index is 861. The smallest absolute Gasteiger partial charge is 0.255 e. The molecule has 1 aromatic heterocycles. The average molecular weight is 398 g/mol. The van der Waals surface area contributed by atoms with Crippen LogP contribution in [0.2, 0.25) is 0 Å². The number of nitrogens with one attached hydrogen (secondary N) is 1. The largest absolute Gasteiger partial charge is 0.493 e. The Morgan fingerprint density at radius 3 is 2.34 bits per heavy atom. The maximum atomic E-state index is 12.5. The molecule has 1 saturated heterocycles. The van der Waals surface area contributed by atoms with Gasteiger partial charge in [0.05, 0.1) is 26.1 Å². The molecule has 8 nitrogen and oxygen atoms in total. The van der Waals surface area contributed by atoms with Gasteiger partial charge in [-0.25, -0.2) is 4.98 Å². The van der Waals surface area contributed by atoms with E-state index in [2.05, 4.69) is 15.2 Å². The lowest BCUT2D eigenvalue weighted by atomic mass is 10.2. The third-order valence-corrected chi connectivity index (χ3v) is 4.91. The highest BCUT2D eigenvalue weighted by atomic mass is 16.5. The van der Waals surface area contributed by atoms with Crippen LogP contribution < -0.4 is 19.7 Å². The predicted molar refractivity (Wildman–Crippen MR) is 111 cm³/mol. The molecule has 1 aromatic carbocycles. The summed E-state index contributed by atoms with van der Waals surface area (Å²) < 4.78 is 10.4. The summed E-state index contributed by atoms with van der Waals surface area (Å²) in [6.45, 7) is 4.77. The van der Waals surface area contributed by atoms with E-state index in [1.807, 2.05) is 24.0 Å². The second-order valence-corrected chi connectivity index (χ2v) is 6.65. The molecule has 2 heterocycles. The van der Waals surface area contributed by atoms with Crippen LogP contribution in [0, 0.1) is 0 Å². The van der Waals surface area contributed by atoms with Gasteiger partial charge in [0.1, 0.15) is 5.82 Å². The van der Waals surface area contributed by atoms with Crippen LogP contribution in [0.5, 0.6) is 11.5 Å². The summed E-state index contributed by atoms with van der Waals surface area (Å²) in [5, 5.41) is 2.84. The van der Waals surface area contributed by atoms with Gasteiger partial charge in [-0.3, -0.25) is 9.59 Å². The van der Waals surface area contributed by atoms with Crippen LogP contribution in [0.1, 0.15) is 23.7 Å². The quantitative estimate of drug-likeness (QED) is 0.805. The van der Waals surface area contributed by atoms with Crippen molar-refractivity contribution in [2.24, 2.45) is 0 Å². The molecule has 0 saturated carbocycles. The van der Waals surface area contributed by atoms with Crippen LogP contribution >= 0.6 is 0 Å². The number of methoxy groups -OCH3 is 2. The zero-order valence-corrected chi connectivity index (χ0v) is 17.0. The van der Waals surface area contributed by atoms with Crippen molar-refractivity contribution in [3.8, 4) is 11.5 Å². The number of anilines is 2. The van der Waals surface area contributed by atoms with Crippen LogP contribution in [-0.2, 0) is 4.79 Å². The summed E-state index contributed by atoms with van der Waals surface area (Å²) >= 11 is 0. The minimum atomic E-state index is -0.257. The fraction of sp³-hybridized carbons (Fsp3) is 0.381. The second-order valence-electron chi connectivity index (χ2n) is 6.65. The summed E-state index contributed by atoms with van der Waals surface area (Å²) in [5.41, 5.74) is 1.07. The van der Waals surface area contributed by atoms with Gasteiger partial charge in [0.15, 0.2) is 11.5 Å². The lowest BCUT2D eigenvalue weighted by Crippen LogP contribution is -2.48. The number of ether oxygens (including phenoxy) is 2. The Balaban J connectivity index is 1.61. The third-order valence-electron chi connectivity index (χ3n) is 4.91. The molecule has 1 N–H and O–H groups in total. The van der Waals surface area contributed by atoms with Crippen molar-refractivity contribution >= 4 is 23.3 Å². The van der Waals surface area contributed by atoms with Crippen molar-refractivity contribution in [1.82, 2.24) is 9.88 Å². The van der Waals surface area contributed by atoms with Gasteiger partial charge < -0.3 is 24.6 Å². The van der Waals surface area contributed by atoms with E-state index in [1.54, 1.807) is 31.5 Å². The number of pyridine rings is 1. The monoisotopic (exact) mass is 398 g/mol. The number of benzene rings is 1. The number of carbonyl (C=O) groups excluding carboxylic acids is 2. The van der Waals surface area contributed by atoms with E-state index in [0.717, 1.165) is 18.9 Å². The first-order chi connectivity index (χ1) is 14.0. The molecule has 29 heavy (non-hydrogen) atoms. The summed E-state index contributed by atoms with van der Waals surface area (Å²) in [4.78, 5) is 32.8. The van der Waals surface area contributed by atoms with Crippen molar-refractivity contribution in [2.75, 3.05) is 50.6 Å². The van der Waals surface area contributed by atoms with E-state index in [1.165, 1.54) is 7.11 Å². The molecule has 0 atom stereocenters. The minimum Gasteiger partial charge on any atom is -0.493 e. The van der Waals surface area contributed by atoms with Gasteiger partial charge in [-0.15, -0.1) is 0 Å². The van der Waals surface area contributed by atoms with Gasteiger partial charge in [-0.1, -0.05) is 6.92 Å². The van der Waals surface area contributed by atoms with Crippen LogP contribution in [0.3, 0.4) is 0 Å². The summed E-state index contributed by atoms with van der Waals surface area (Å²) in [6.07, 6.45) is 2.17. The molecule has 3 rings (SSSR count). The highest BCUT2D eigenvalue weighted by Gasteiger charge is 2.20. The Labute approximate surface area is 170 Å². The molecule has 154 valence electrons. The van der Waals surface area contributed by atoms with E-state index >= 15 is 0 Å². The van der Waals surface area contributed by atoms with Crippen molar-refractivity contribution < 1.29 is 19.1 Å².